The molecule has 1 saturated heterocycles. The molecule has 0 radical (unpaired) electrons. The average molecular weight is 182 g/mol. The van der Waals surface area contributed by atoms with E-state index < -0.39 is 0 Å². The van der Waals surface area contributed by atoms with Crippen molar-refractivity contribution in [1.29, 1.82) is 0 Å². The predicted molar refractivity (Wildman–Crippen MR) is 47.0 cm³/mol. The number of rotatable bonds is 1. The Kier molecular flexibility index (Phi) is 1.98. The van der Waals surface area contributed by atoms with Crippen LogP contribution in [-0.2, 0) is 4.79 Å². The summed E-state index contributed by atoms with van der Waals surface area (Å²) >= 11 is 0. The van der Waals surface area contributed by atoms with Crippen LogP contribution in [0.2, 0.25) is 0 Å². The van der Waals surface area contributed by atoms with Gasteiger partial charge in [-0.15, -0.1) is 0 Å². The fourth-order valence-corrected chi connectivity index (χ4v) is 1.74. The van der Waals surface area contributed by atoms with E-state index in [2.05, 4.69) is 5.32 Å². The summed E-state index contributed by atoms with van der Waals surface area (Å²) in [6, 6.07) is -0.0250. The Bertz CT molecular complexity index is 248. The number of imide groups is 1. The number of nitrogens with one attached hydrogen (secondary N) is 1. The minimum atomic E-state index is -0.201. The second-order valence-corrected chi connectivity index (χ2v) is 3.88. The van der Waals surface area contributed by atoms with Crippen LogP contribution in [0.5, 0.6) is 0 Å². The van der Waals surface area contributed by atoms with Crippen molar-refractivity contribution in [3.8, 4) is 0 Å². The molecule has 1 N–H and O–H groups in total. The van der Waals surface area contributed by atoms with Crippen molar-refractivity contribution in [2.75, 3.05) is 6.54 Å². The second kappa shape index (κ2) is 3.01. The molecule has 2 aliphatic rings. The number of urea groups is 1. The first-order valence-corrected chi connectivity index (χ1v) is 4.81. The third-order valence-corrected chi connectivity index (χ3v) is 2.88. The largest absolute Gasteiger partial charge is 0.337 e. The first-order chi connectivity index (χ1) is 6.20. The van der Waals surface area contributed by atoms with Gasteiger partial charge in [0.1, 0.15) is 0 Å². The molecule has 1 atom stereocenters. The Hall–Kier alpha value is -1.06. The third kappa shape index (κ3) is 1.30. The summed E-state index contributed by atoms with van der Waals surface area (Å²) in [6.45, 7) is 2.34. The third-order valence-electron chi connectivity index (χ3n) is 2.88. The van der Waals surface area contributed by atoms with Crippen LogP contribution in [0, 0.1) is 5.92 Å². The lowest BCUT2D eigenvalue weighted by molar-refractivity contribution is -0.136. The summed E-state index contributed by atoms with van der Waals surface area (Å²) in [5.41, 5.74) is 0. The summed E-state index contributed by atoms with van der Waals surface area (Å²) in [6.07, 6.45) is 3.09. The molecule has 72 valence electrons. The van der Waals surface area contributed by atoms with Crippen molar-refractivity contribution in [3.05, 3.63) is 0 Å². The van der Waals surface area contributed by atoms with Gasteiger partial charge in [-0.25, -0.2) is 4.79 Å². The smallest absolute Gasteiger partial charge is 0.324 e. The second-order valence-electron chi connectivity index (χ2n) is 3.88. The average Bonchev–Trinajstić information content (AvgIpc) is 2.02. The molecule has 1 saturated carbocycles. The quantitative estimate of drug-likeness (QED) is 0.649. The van der Waals surface area contributed by atoms with E-state index in [4.69, 9.17) is 0 Å². The number of amides is 3. The zero-order valence-electron chi connectivity index (χ0n) is 7.75. The molecular formula is C9H14N2O2. The van der Waals surface area contributed by atoms with E-state index in [0.29, 0.717) is 6.54 Å². The highest BCUT2D eigenvalue weighted by Gasteiger charge is 2.38. The summed E-state index contributed by atoms with van der Waals surface area (Å²) < 4.78 is 0. The summed E-state index contributed by atoms with van der Waals surface area (Å²) in [5, 5.41) is 2.73. The first kappa shape index (κ1) is 8.53. The van der Waals surface area contributed by atoms with Gasteiger partial charge in [-0.3, -0.25) is 9.69 Å². The van der Waals surface area contributed by atoms with Gasteiger partial charge in [-0.2, -0.15) is 0 Å². The van der Waals surface area contributed by atoms with Gasteiger partial charge in [0.15, 0.2) is 0 Å². The number of hydrogen-bond donors (Lipinski definition) is 1. The van der Waals surface area contributed by atoms with Crippen molar-refractivity contribution < 1.29 is 9.59 Å². The Labute approximate surface area is 77.3 Å². The first-order valence-electron chi connectivity index (χ1n) is 4.81. The van der Waals surface area contributed by atoms with Crippen LogP contribution >= 0.6 is 0 Å². The minimum absolute atomic E-state index is 0.00606. The fourth-order valence-electron chi connectivity index (χ4n) is 1.74. The van der Waals surface area contributed by atoms with Crippen LogP contribution < -0.4 is 5.32 Å². The Balaban J connectivity index is 2.11. The molecule has 2 rings (SSSR count). The van der Waals surface area contributed by atoms with Gasteiger partial charge in [0.2, 0.25) is 5.91 Å². The molecule has 0 bridgehead atoms. The van der Waals surface area contributed by atoms with E-state index in [-0.39, 0.29) is 23.9 Å². The monoisotopic (exact) mass is 182 g/mol. The van der Waals surface area contributed by atoms with E-state index in [1.807, 2.05) is 6.92 Å². The Morgan fingerprint density at radius 1 is 1.38 bits per heavy atom. The molecule has 1 heterocycles. The van der Waals surface area contributed by atoms with Crippen molar-refractivity contribution in [1.82, 2.24) is 10.2 Å². The standard InChI is InChI=1S/C9H14N2O2/c1-6-5-10-9(13)11(8(6)12)7-3-2-4-7/h6-7H,2-5H2,1H3,(H,10,13). The highest BCUT2D eigenvalue weighted by Crippen LogP contribution is 2.27. The maximum Gasteiger partial charge on any atom is 0.324 e. The molecule has 0 aromatic carbocycles. The fraction of sp³-hybridized carbons (Fsp3) is 0.778. The lowest BCUT2D eigenvalue weighted by Gasteiger charge is -2.39. The van der Waals surface area contributed by atoms with E-state index >= 15 is 0 Å². The minimum Gasteiger partial charge on any atom is -0.337 e. The lowest BCUT2D eigenvalue weighted by atomic mass is 9.90. The molecule has 4 nitrogen and oxygen atoms in total. The van der Waals surface area contributed by atoms with Crippen LogP contribution in [0.4, 0.5) is 4.79 Å². The maximum atomic E-state index is 11.6. The molecule has 0 aromatic heterocycles. The van der Waals surface area contributed by atoms with Gasteiger partial charge in [0, 0.05) is 12.6 Å². The Morgan fingerprint density at radius 2 is 2.08 bits per heavy atom. The Morgan fingerprint density at radius 3 is 2.62 bits per heavy atom. The van der Waals surface area contributed by atoms with Gasteiger partial charge in [-0.05, 0) is 19.3 Å². The van der Waals surface area contributed by atoms with Gasteiger partial charge in [0.25, 0.3) is 0 Å². The highest BCUT2D eigenvalue weighted by molar-refractivity contribution is 5.98. The van der Waals surface area contributed by atoms with E-state index in [1.54, 1.807) is 0 Å². The highest BCUT2D eigenvalue weighted by atomic mass is 16.2. The molecule has 4 heteroatoms. The molecule has 1 unspecified atom stereocenters. The molecule has 1 aliphatic carbocycles. The van der Waals surface area contributed by atoms with Crippen LogP contribution in [0.25, 0.3) is 0 Å². The van der Waals surface area contributed by atoms with Crippen molar-refractivity contribution in [2.45, 2.75) is 32.2 Å². The molecule has 1 aliphatic heterocycles. The van der Waals surface area contributed by atoms with E-state index in [1.165, 1.54) is 4.90 Å². The molecule has 0 aromatic rings. The number of carbonyl (C=O) groups is 2. The summed E-state index contributed by atoms with van der Waals surface area (Å²) in [4.78, 5) is 24.4. The molecular weight excluding hydrogens is 168 g/mol. The van der Waals surface area contributed by atoms with Gasteiger partial charge in [0.05, 0.1) is 5.92 Å². The van der Waals surface area contributed by atoms with E-state index in [0.717, 1.165) is 19.3 Å². The van der Waals surface area contributed by atoms with E-state index in [9.17, 15) is 9.59 Å². The van der Waals surface area contributed by atoms with Crippen molar-refractivity contribution >= 4 is 11.9 Å². The number of nitrogens with zero attached hydrogens (tertiary/aromatic N) is 1. The lowest BCUT2D eigenvalue weighted by Crippen LogP contribution is -2.59. The van der Waals surface area contributed by atoms with Crippen molar-refractivity contribution in [3.63, 3.8) is 0 Å². The molecule has 3 amide bonds. The van der Waals surface area contributed by atoms with Gasteiger partial charge < -0.3 is 5.32 Å². The zero-order chi connectivity index (χ0) is 9.42. The topological polar surface area (TPSA) is 49.4 Å². The molecule has 13 heavy (non-hydrogen) atoms. The molecule has 0 spiro atoms. The van der Waals surface area contributed by atoms with Crippen LogP contribution in [0.3, 0.4) is 0 Å². The maximum absolute atomic E-state index is 11.6. The van der Waals surface area contributed by atoms with Crippen LogP contribution in [-0.4, -0.2) is 29.4 Å². The van der Waals surface area contributed by atoms with Crippen LogP contribution in [0.15, 0.2) is 0 Å². The normalized spacial score (nSPS) is 29.9. The number of hydrogen-bond acceptors (Lipinski definition) is 2. The zero-order valence-corrected chi connectivity index (χ0v) is 7.75. The van der Waals surface area contributed by atoms with Gasteiger partial charge in [-0.1, -0.05) is 6.92 Å². The summed E-state index contributed by atoms with van der Waals surface area (Å²) in [5.74, 6) is -0.0632. The summed E-state index contributed by atoms with van der Waals surface area (Å²) in [7, 11) is 0. The SMILES string of the molecule is CC1CNC(=O)N(C2CCC2)C1=O. The predicted octanol–water partition coefficient (Wildman–Crippen LogP) is 0.727. The van der Waals surface area contributed by atoms with Crippen molar-refractivity contribution in [2.24, 2.45) is 5.92 Å². The van der Waals surface area contributed by atoms with Crippen LogP contribution in [0.1, 0.15) is 26.2 Å². The van der Waals surface area contributed by atoms with Gasteiger partial charge >= 0.3 is 6.03 Å². The number of carbonyl (C=O) groups excluding carboxylic acids is 2. The molecule has 2 fully saturated rings.